The predicted octanol–water partition coefficient (Wildman–Crippen LogP) is 1.16. The molecule has 92 valence electrons. The van der Waals surface area contributed by atoms with Gasteiger partial charge in [-0.3, -0.25) is 9.59 Å². The normalized spacial score (nSPS) is 18.4. The number of hydrogen-bond acceptors (Lipinski definition) is 2. The van der Waals surface area contributed by atoms with Crippen molar-refractivity contribution in [2.75, 3.05) is 13.1 Å². The van der Waals surface area contributed by atoms with Crippen LogP contribution in [-0.4, -0.2) is 35.3 Å². The first-order chi connectivity index (χ1) is 7.29. The first-order valence-electron chi connectivity index (χ1n) is 5.87. The quantitative estimate of drug-likeness (QED) is 0.729. The average Bonchev–Trinajstić information content (AvgIpc) is 2.15. The summed E-state index contributed by atoms with van der Waals surface area (Å²) in [5, 5.41) is 2.99. The highest BCUT2D eigenvalue weighted by atomic mass is 16.2. The molecule has 1 rings (SSSR count). The van der Waals surface area contributed by atoms with Crippen LogP contribution in [0.2, 0.25) is 0 Å². The molecule has 0 unspecified atom stereocenters. The molecule has 0 atom stereocenters. The fourth-order valence-corrected chi connectivity index (χ4v) is 1.93. The standard InChI is InChI=1S/C12H22N2O2/c1-9(15)14-7-5-10(6-8-14)11(16)13-12(2,3)4/h10H,5-8H2,1-4H3,(H,13,16). The van der Waals surface area contributed by atoms with Crippen LogP contribution in [0.5, 0.6) is 0 Å². The number of nitrogens with zero attached hydrogens (tertiary/aromatic N) is 1. The highest BCUT2D eigenvalue weighted by Crippen LogP contribution is 2.18. The van der Waals surface area contributed by atoms with Gasteiger partial charge in [0.25, 0.3) is 0 Å². The van der Waals surface area contributed by atoms with Gasteiger partial charge in [-0.15, -0.1) is 0 Å². The number of piperidine rings is 1. The molecule has 4 heteroatoms. The van der Waals surface area contributed by atoms with Gasteiger partial charge in [-0.25, -0.2) is 0 Å². The van der Waals surface area contributed by atoms with Gasteiger partial charge in [0.05, 0.1) is 0 Å². The van der Waals surface area contributed by atoms with Crippen molar-refractivity contribution in [3.8, 4) is 0 Å². The second-order valence-corrected chi connectivity index (χ2v) is 5.52. The Morgan fingerprint density at radius 2 is 1.69 bits per heavy atom. The van der Waals surface area contributed by atoms with Crippen molar-refractivity contribution in [3.63, 3.8) is 0 Å². The smallest absolute Gasteiger partial charge is 0.223 e. The number of hydrogen-bond donors (Lipinski definition) is 1. The van der Waals surface area contributed by atoms with Gasteiger partial charge in [-0.1, -0.05) is 0 Å². The van der Waals surface area contributed by atoms with Gasteiger partial charge in [0, 0.05) is 31.5 Å². The van der Waals surface area contributed by atoms with E-state index < -0.39 is 0 Å². The van der Waals surface area contributed by atoms with E-state index in [0.29, 0.717) is 13.1 Å². The Labute approximate surface area is 97.4 Å². The lowest BCUT2D eigenvalue weighted by atomic mass is 9.94. The Morgan fingerprint density at radius 1 is 1.19 bits per heavy atom. The highest BCUT2D eigenvalue weighted by Gasteiger charge is 2.27. The molecular formula is C12H22N2O2. The molecule has 1 N–H and O–H groups in total. The average molecular weight is 226 g/mol. The number of nitrogens with one attached hydrogen (secondary N) is 1. The van der Waals surface area contributed by atoms with Gasteiger partial charge >= 0.3 is 0 Å². The highest BCUT2D eigenvalue weighted by molar-refractivity contribution is 5.80. The summed E-state index contributed by atoms with van der Waals surface area (Å²) in [6.07, 6.45) is 1.56. The van der Waals surface area contributed by atoms with E-state index >= 15 is 0 Å². The lowest BCUT2D eigenvalue weighted by Crippen LogP contribution is -2.47. The van der Waals surface area contributed by atoms with Crippen molar-refractivity contribution < 1.29 is 9.59 Å². The molecule has 1 aliphatic heterocycles. The van der Waals surface area contributed by atoms with Crippen LogP contribution in [0.25, 0.3) is 0 Å². The fourth-order valence-electron chi connectivity index (χ4n) is 1.93. The van der Waals surface area contributed by atoms with Crippen LogP contribution in [0.1, 0.15) is 40.5 Å². The lowest BCUT2D eigenvalue weighted by Gasteiger charge is -2.32. The molecule has 0 aromatic heterocycles. The van der Waals surface area contributed by atoms with E-state index in [2.05, 4.69) is 5.32 Å². The SMILES string of the molecule is CC(=O)N1CCC(C(=O)NC(C)(C)C)CC1. The van der Waals surface area contributed by atoms with Crippen molar-refractivity contribution in [3.05, 3.63) is 0 Å². The predicted molar refractivity (Wildman–Crippen MR) is 62.9 cm³/mol. The Morgan fingerprint density at radius 3 is 2.06 bits per heavy atom. The molecule has 0 aliphatic carbocycles. The minimum absolute atomic E-state index is 0.0647. The number of amides is 2. The van der Waals surface area contributed by atoms with E-state index in [1.54, 1.807) is 11.8 Å². The van der Waals surface area contributed by atoms with Gasteiger partial charge in [0.1, 0.15) is 0 Å². The Hall–Kier alpha value is -1.06. The van der Waals surface area contributed by atoms with Crippen LogP contribution in [-0.2, 0) is 9.59 Å². The molecule has 1 heterocycles. The molecule has 0 bridgehead atoms. The zero-order chi connectivity index (χ0) is 12.3. The summed E-state index contributed by atoms with van der Waals surface area (Å²) in [6, 6.07) is 0. The van der Waals surface area contributed by atoms with Crippen LogP contribution >= 0.6 is 0 Å². The lowest BCUT2D eigenvalue weighted by molar-refractivity contribution is -0.134. The van der Waals surface area contributed by atoms with Crippen molar-refractivity contribution in [2.24, 2.45) is 5.92 Å². The molecular weight excluding hydrogens is 204 g/mol. The zero-order valence-corrected chi connectivity index (χ0v) is 10.7. The van der Waals surface area contributed by atoms with Gasteiger partial charge in [0.2, 0.25) is 11.8 Å². The minimum Gasteiger partial charge on any atom is -0.351 e. The number of carbonyl (C=O) groups is 2. The molecule has 0 radical (unpaired) electrons. The van der Waals surface area contributed by atoms with Crippen molar-refractivity contribution >= 4 is 11.8 Å². The van der Waals surface area contributed by atoms with Gasteiger partial charge < -0.3 is 10.2 Å². The molecule has 0 saturated carbocycles. The maximum atomic E-state index is 11.9. The van der Waals surface area contributed by atoms with Crippen molar-refractivity contribution in [2.45, 2.75) is 46.1 Å². The summed E-state index contributed by atoms with van der Waals surface area (Å²) in [6.45, 7) is 8.94. The van der Waals surface area contributed by atoms with Crippen molar-refractivity contribution in [1.82, 2.24) is 10.2 Å². The van der Waals surface area contributed by atoms with Crippen LogP contribution < -0.4 is 5.32 Å². The number of likely N-dealkylation sites (tertiary alicyclic amines) is 1. The van der Waals surface area contributed by atoms with Crippen LogP contribution in [0.15, 0.2) is 0 Å². The molecule has 1 fully saturated rings. The maximum Gasteiger partial charge on any atom is 0.223 e. The largest absolute Gasteiger partial charge is 0.351 e. The van der Waals surface area contributed by atoms with E-state index in [-0.39, 0.29) is 23.3 Å². The summed E-state index contributed by atoms with van der Waals surface area (Å²) in [4.78, 5) is 24.8. The van der Waals surface area contributed by atoms with Gasteiger partial charge in [-0.2, -0.15) is 0 Å². The summed E-state index contributed by atoms with van der Waals surface area (Å²) in [5.41, 5.74) is -0.172. The third kappa shape index (κ3) is 3.83. The van der Waals surface area contributed by atoms with Gasteiger partial charge in [-0.05, 0) is 33.6 Å². The van der Waals surface area contributed by atoms with E-state index in [1.165, 1.54) is 0 Å². The maximum absolute atomic E-state index is 11.9. The van der Waals surface area contributed by atoms with Gasteiger partial charge in [0.15, 0.2) is 0 Å². The van der Waals surface area contributed by atoms with Crippen molar-refractivity contribution in [1.29, 1.82) is 0 Å². The first kappa shape index (κ1) is 13.0. The number of carbonyl (C=O) groups excluding carboxylic acids is 2. The molecule has 2 amide bonds. The van der Waals surface area contributed by atoms with E-state index in [4.69, 9.17) is 0 Å². The Balaban J connectivity index is 2.42. The van der Waals surface area contributed by atoms with E-state index in [9.17, 15) is 9.59 Å². The summed E-state index contributed by atoms with van der Waals surface area (Å²) >= 11 is 0. The molecule has 1 saturated heterocycles. The van der Waals surface area contributed by atoms with E-state index in [0.717, 1.165) is 12.8 Å². The second-order valence-electron chi connectivity index (χ2n) is 5.52. The van der Waals surface area contributed by atoms with Crippen LogP contribution in [0.4, 0.5) is 0 Å². The summed E-state index contributed by atoms with van der Waals surface area (Å²) in [5.74, 6) is 0.292. The molecule has 0 aromatic carbocycles. The number of rotatable bonds is 1. The third-order valence-corrected chi connectivity index (χ3v) is 2.81. The Kier molecular flexibility index (Phi) is 3.94. The third-order valence-electron chi connectivity index (χ3n) is 2.81. The topological polar surface area (TPSA) is 49.4 Å². The molecule has 1 aliphatic rings. The monoisotopic (exact) mass is 226 g/mol. The molecule has 4 nitrogen and oxygen atoms in total. The molecule has 16 heavy (non-hydrogen) atoms. The molecule has 0 aromatic rings. The minimum atomic E-state index is -0.172. The zero-order valence-electron chi connectivity index (χ0n) is 10.7. The summed E-state index contributed by atoms with van der Waals surface area (Å²) < 4.78 is 0. The molecule has 0 spiro atoms. The Bertz CT molecular complexity index is 273. The van der Waals surface area contributed by atoms with E-state index in [1.807, 2.05) is 20.8 Å². The second kappa shape index (κ2) is 4.85. The van der Waals surface area contributed by atoms with Crippen LogP contribution in [0.3, 0.4) is 0 Å². The van der Waals surface area contributed by atoms with Crippen LogP contribution in [0, 0.1) is 5.92 Å². The first-order valence-corrected chi connectivity index (χ1v) is 5.87. The summed E-state index contributed by atoms with van der Waals surface area (Å²) in [7, 11) is 0. The fraction of sp³-hybridized carbons (Fsp3) is 0.833.